The first-order valence-corrected chi connectivity index (χ1v) is 9.50. The third-order valence-corrected chi connectivity index (χ3v) is 4.84. The van der Waals surface area contributed by atoms with Gasteiger partial charge in [0.1, 0.15) is 0 Å². The highest BCUT2D eigenvalue weighted by atomic mass is 15.0. The topological polar surface area (TPSA) is 56.7 Å². The Hall–Kier alpha value is -3.14. The number of aryl methyl sites for hydroxylation is 1. The van der Waals surface area contributed by atoms with Crippen molar-refractivity contribution >= 4 is 16.9 Å². The van der Waals surface area contributed by atoms with E-state index >= 15 is 0 Å². The highest BCUT2D eigenvalue weighted by Gasteiger charge is 2.13. The third kappa shape index (κ3) is 3.70. The number of nitrogen functional groups attached to an aromatic ring is 1. The molecule has 4 aromatic rings. The standard InChI is InChI=1S/C23H24N4/c1-2-3-11-18-14-21(26-23(24)25-18)20-16-27(15-17-9-5-4-6-10-17)22-13-8-7-12-19(20)22/h4-10,12-14,16H,2-3,11,15H2,1H3,(H2,24,25,26). The van der Waals surface area contributed by atoms with Crippen LogP contribution in [0.4, 0.5) is 5.95 Å². The van der Waals surface area contributed by atoms with E-state index in [9.17, 15) is 0 Å². The van der Waals surface area contributed by atoms with Crippen LogP contribution in [0.15, 0.2) is 66.9 Å². The number of rotatable bonds is 6. The molecule has 0 saturated carbocycles. The molecule has 4 heteroatoms. The summed E-state index contributed by atoms with van der Waals surface area (Å²) in [5.74, 6) is 0.346. The van der Waals surface area contributed by atoms with Crippen LogP contribution in [0.5, 0.6) is 0 Å². The van der Waals surface area contributed by atoms with E-state index in [1.807, 2.05) is 6.07 Å². The van der Waals surface area contributed by atoms with E-state index in [1.54, 1.807) is 0 Å². The van der Waals surface area contributed by atoms with E-state index in [0.29, 0.717) is 5.95 Å². The molecular formula is C23H24N4. The van der Waals surface area contributed by atoms with Crippen LogP contribution in [0, 0.1) is 0 Å². The Morgan fingerprint density at radius 1 is 0.963 bits per heavy atom. The molecule has 0 amide bonds. The second-order valence-corrected chi connectivity index (χ2v) is 6.88. The number of para-hydroxylation sites is 1. The molecule has 0 aliphatic heterocycles. The van der Waals surface area contributed by atoms with Crippen LogP contribution >= 0.6 is 0 Å². The van der Waals surface area contributed by atoms with Crippen molar-refractivity contribution in [1.82, 2.24) is 14.5 Å². The molecule has 27 heavy (non-hydrogen) atoms. The van der Waals surface area contributed by atoms with Gasteiger partial charge in [-0.15, -0.1) is 0 Å². The molecule has 0 aliphatic carbocycles. The first-order chi connectivity index (χ1) is 13.2. The van der Waals surface area contributed by atoms with Gasteiger partial charge in [0, 0.05) is 34.9 Å². The minimum atomic E-state index is 0.346. The van der Waals surface area contributed by atoms with Crippen LogP contribution in [0.3, 0.4) is 0 Å². The van der Waals surface area contributed by atoms with Crippen molar-refractivity contribution in [2.75, 3.05) is 5.73 Å². The summed E-state index contributed by atoms with van der Waals surface area (Å²) >= 11 is 0. The quantitative estimate of drug-likeness (QED) is 0.525. The zero-order valence-corrected chi connectivity index (χ0v) is 15.6. The van der Waals surface area contributed by atoms with Gasteiger partial charge in [-0.3, -0.25) is 0 Å². The zero-order chi connectivity index (χ0) is 18.6. The fraction of sp³-hybridized carbons (Fsp3) is 0.217. The highest BCUT2D eigenvalue weighted by molar-refractivity contribution is 5.95. The first-order valence-electron chi connectivity index (χ1n) is 9.50. The molecule has 2 aromatic carbocycles. The van der Waals surface area contributed by atoms with Crippen molar-refractivity contribution in [1.29, 1.82) is 0 Å². The van der Waals surface area contributed by atoms with E-state index in [1.165, 1.54) is 16.5 Å². The molecule has 0 fully saturated rings. The monoisotopic (exact) mass is 356 g/mol. The van der Waals surface area contributed by atoms with Crippen molar-refractivity contribution in [2.24, 2.45) is 0 Å². The number of anilines is 1. The van der Waals surface area contributed by atoms with Crippen molar-refractivity contribution in [2.45, 2.75) is 32.7 Å². The molecular weight excluding hydrogens is 332 g/mol. The second kappa shape index (κ2) is 7.62. The number of nitrogens with two attached hydrogens (primary N) is 1. The third-order valence-electron chi connectivity index (χ3n) is 4.84. The van der Waals surface area contributed by atoms with E-state index in [4.69, 9.17) is 5.73 Å². The molecule has 0 spiro atoms. The lowest BCUT2D eigenvalue weighted by atomic mass is 10.1. The molecule has 4 nitrogen and oxygen atoms in total. The molecule has 136 valence electrons. The first kappa shape index (κ1) is 17.3. The van der Waals surface area contributed by atoms with Gasteiger partial charge in [-0.2, -0.15) is 0 Å². The Bertz CT molecular complexity index is 1050. The number of unbranched alkanes of at least 4 members (excludes halogenated alkanes) is 1. The van der Waals surface area contributed by atoms with E-state index < -0.39 is 0 Å². The average molecular weight is 356 g/mol. The Kier molecular flexibility index (Phi) is 4.88. The fourth-order valence-corrected chi connectivity index (χ4v) is 3.50. The summed E-state index contributed by atoms with van der Waals surface area (Å²) in [7, 11) is 0. The molecule has 0 radical (unpaired) electrons. The summed E-state index contributed by atoms with van der Waals surface area (Å²) in [6.07, 6.45) is 5.35. The Labute approximate surface area is 159 Å². The van der Waals surface area contributed by atoms with Crippen LogP contribution in [-0.2, 0) is 13.0 Å². The molecule has 2 aromatic heterocycles. The minimum absolute atomic E-state index is 0.346. The Balaban J connectivity index is 1.80. The average Bonchev–Trinajstić information content (AvgIpc) is 3.05. The van der Waals surface area contributed by atoms with Crippen LogP contribution in [0.2, 0.25) is 0 Å². The summed E-state index contributed by atoms with van der Waals surface area (Å²) in [4.78, 5) is 8.95. The fourth-order valence-electron chi connectivity index (χ4n) is 3.50. The van der Waals surface area contributed by atoms with Crippen LogP contribution in [-0.4, -0.2) is 14.5 Å². The van der Waals surface area contributed by atoms with Gasteiger partial charge >= 0.3 is 0 Å². The van der Waals surface area contributed by atoms with E-state index in [2.05, 4.69) is 82.3 Å². The normalized spacial score (nSPS) is 11.1. The lowest BCUT2D eigenvalue weighted by Gasteiger charge is -2.05. The molecule has 4 rings (SSSR count). The van der Waals surface area contributed by atoms with Crippen LogP contribution in [0.1, 0.15) is 31.0 Å². The molecule has 0 unspecified atom stereocenters. The summed E-state index contributed by atoms with van der Waals surface area (Å²) in [6, 6.07) is 21.0. The van der Waals surface area contributed by atoms with Crippen molar-refractivity contribution in [3.8, 4) is 11.3 Å². The Morgan fingerprint density at radius 3 is 2.56 bits per heavy atom. The van der Waals surface area contributed by atoms with Gasteiger partial charge in [0.2, 0.25) is 5.95 Å². The van der Waals surface area contributed by atoms with Gasteiger partial charge in [0.05, 0.1) is 5.69 Å². The zero-order valence-electron chi connectivity index (χ0n) is 15.6. The summed E-state index contributed by atoms with van der Waals surface area (Å²) < 4.78 is 2.28. The van der Waals surface area contributed by atoms with Gasteiger partial charge in [-0.05, 0) is 30.5 Å². The molecule has 0 bridgehead atoms. The van der Waals surface area contributed by atoms with Gasteiger partial charge in [0.25, 0.3) is 0 Å². The number of hydrogen-bond acceptors (Lipinski definition) is 3. The number of nitrogens with zero attached hydrogens (tertiary/aromatic N) is 3. The van der Waals surface area contributed by atoms with Crippen LogP contribution < -0.4 is 5.73 Å². The number of hydrogen-bond donors (Lipinski definition) is 1. The van der Waals surface area contributed by atoms with Gasteiger partial charge < -0.3 is 10.3 Å². The number of aromatic nitrogens is 3. The molecule has 0 atom stereocenters. The predicted octanol–water partition coefficient (Wildman–Crippen LogP) is 5.07. The maximum Gasteiger partial charge on any atom is 0.220 e. The lowest BCUT2D eigenvalue weighted by molar-refractivity contribution is 0.775. The highest BCUT2D eigenvalue weighted by Crippen LogP contribution is 2.31. The van der Waals surface area contributed by atoms with Gasteiger partial charge in [-0.1, -0.05) is 61.9 Å². The maximum atomic E-state index is 6.01. The number of benzene rings is 2. The number of fused-ring (bicyclic) bond motifs is 1. The van der Waals surface area contributed by atoms with Crippen LogP contribution in [0.25, 0.3) is 22.2 Å². The molecule has 2 N–H and O–H groups in total. The predicted molar refractivity (Wildman–Crippen MR) is 112 cm³/mol. The lowest BCUT2D eigenvalue weighted by Crippen LogP contribution is -2.01. The maximum absolute atomic E-state index is 6.01. The smallest absolute Gasteiger partial charge is 0.220 e. The Morgan fingerprint density at radius 2 is 1.74 bits per heavy atom. The summed E-state index contributed by atoms with van der Waals surface area (Å²) in [5.41, 5.74) is 11.5. The molecule has 0 aliphatic rings. The molecule has 0 saturated heterocycles. The largest absolute Gasteiger partial charge is 0.368 e. The van der Waals surface area contributed by atoms with E-state index in [-0.39, 0.29) is 0 Å². The van der Waals surface area contributed by atoms with Crippen molar-refractivity contribution in [3.05, 3.63) is 78.1 Å². The molecule has 2 heterocycles. The van der Waals surface area contributed by atoms with Gasteiger partial charge in [0.15, 0.2) is 0 Å². The SMILES string of the molecule is CCCCc1cc(-c2cn(Cc3ccccc3)c3ccccc23)nc(N)n1. The summed E-state index contributed by atoms with van der Waals surface area (Å²) in [5, 5.41) is 1.19. The van der Waals surface area contributed by atoms with E-state index in [0.717, 1.165) is 42.8 Å². The summed E-state index contributed by atoms with van der Waals surface area (Å²) in [6.45, 7) is 3.01. The van der Waals surface area contributed by atoms with Crippen molar-refractivity contribution in [3.63, 3.8) is 0 Å². The van der Waals surface area contributed by atoms with Crippen molar-refractivity contribution < 1.29 is 0 Å². The minimum Gasteiger partial charge on any atom is -0.368 e. The van der Waals surface area contributed by atoms with Gasteiger partial charge in [-0.25, -0.2) is 9.97 Å². The second-order valence-electron chi connectivity index (χ2n) is 6.88.